The summed E-state index contributed by atoms with van der Waals surface area (Å²) in [5.74, 6) is 0.582. The average Bonchev–Trinajstić information content (AvgIpc) is 2.85. The molecule has 1 aromatic heterocycles. The third-order valence-electron chi connectivity index (χ3n) is 5.39. The van der Waals surface area contributed by atoms with Crippen LogP contribution in [0.3, 0.4) is 0 Å². The summed E-state index contributed by atoms with van der Waals surface area (Å²) in [7, 11) is -1.73. The van der Waals surface area contributed by atoms with Crippen molar-refractivity contribution in [3.63, 3.8) is 0 Å². The Balaban J connectivity index is 2.43. The summed E-state index contributed by atoms with van der Waals surface area (Å²) in [5.41, 5.74) is 1.18. The maximum atomic E-state index is 12.2. The van der Waals surface area contributed by atoms with Gasteiger partial charge in [-0.15, -0.1) is 0 Å². The molecule has 0 atom stereocenters. The Bertz CT molecular complexity index is 774. The molecule has 6 heteroatoms. The number of aromatic nitrogens is 1. The van der Waals surface area contributed by atoms with Crippen molar-refractivity contribution < 1.29 is 9.53 Å². The Morgan fingerprint density at radius 2 is 1.84 bits per heavy atom. The molecule has 138 valence electrons. The maximum absolute atomic E-state index is 12.2. The van der Waals surface area contributed by atoms with Gasteiger partial charge in [-0.2, -0.15) is 0 Å². The zero-order valence-electron chi connectivity index (χ0n) is 16.3. The van der Waals surface area contributed by atoms with E-state index in [2.05, 4.69) is 66.3 Å². The molecule has 2 aromatic rings. The monoisotopic (exact) mass is 424 g/mol. The van der Waals surface area contributed by atoms with E-state index < -0.39 is 8.24 Å². The Morgan fingerprint density at radius 3 is 2.36 bits per heavy atom. The van der Waals surface area contributed by atoms with E-state index >= 15 is 0 Å². The molecule has 0 saturated carbocycles. The lowest BCUT2D eigenvalue weighted by molar-refractivity contribution is 0.157. The predicted octanol–water partition coefficient (Wildman–Crippen LogP) is 6.10. The van der Waals surface area contributed by atoms with Gasteiger partial charge in [0.1, 0.15) is 5.75 Å². The van der Waals surface area contributed by atoms with E-state index in [9.17, 15) is 4.79 Å². The highest BCUT2D eigenvalue weighted by Gasteiger charge is 2.38. The van der Waals surface area contributed by atoms with Crippen molar-refractivity contribution in [1.82, 2.24) is 9.13 Å². The summed E-state index contributed by atoms with van der Waals surface area (Å²) < 4.78 is 9.02. The van der Waals surface area contributed by atoms with Crippen LogP contribution in [0.5, 0.6) is 5.75 Å². The maximum Gasteiger partial charge on any atom is 0.415 e. The molecule has 0 spiro atoms. The number of nitrogens with zero attached hydrogens (tertiary/aromatic N) is 2. The fourth-order valence-electron chi connectivity index (χ4n) is 2.70. The van der Waals surface area contributed by atoms with E-state index in [-0.39, 0.29) is 11.1 Å². The molecule has 0 radical (unpaired) electrons. The van der Waals surface area contributed by atoms with Gasteiger partial charge in [-0.05, 0) is 53.0 Å². The van der Waals surface area contributed by atoms with Crippen LogP contribution in [0, 0.1) is 0 Å². The molecular weight excluding hydrogens is 396 g/mol. The summed E-state index contributed by atoms with van der Waals surface area (Å²) in [5, 5.41) is 1.31. The van der Waals surface area contributed by atoms with Crippen molar-refractivity contribution in [2.24, 2.45) is 0 Å². The number of carbonyl (C=O) groups excluding carboxylic acids is 1. The van der Waals surface area contributed by atoms with Gasteiger partial charge < -0.3 is 13.9 Å². The number of hydrogen-bond donors (Lipinski definition) is 0. The highest BCUT2D eigenvalue weighted by Crippen LogP contribution is 2.41. The van der Waals surface area contributed by atoms with Gasteiger partial charge in [0.15, 0.2) is 8.24 Å². The Labute approximate surface area is 160 Å². The third-order valence-corrected chi connectivity index (χ3v) is 11.3. The second kappa shape index (κ2) is 7.15. The summed E-state index contributed by atoms with van der Waals surface area (Å²) in [6.07, 6.45) is 1.88. The molecule has 0 aliphatic heterocycles. The second-order valence-electron chi connectivity index (χ2n) is 7.88. The number of rotatable bonds is 4. The van der Waals surface area contributed by atoms with E-state index in [1.807, 2.05) is 26.0 Å². The van der Waals surface area contributed by atoms with Crippen molar-refractivity contribution >= 4 is 41.2 Å². The first-order valence-electron chi connectivity index (χ1n) is 8.80. The molecule has 0 unspecified atom stereocenters. The first kappa shape index (κ1) is 20.0. The lowest BCUT2D eigenvalue weighted by atomic mass is 10.2. The van der Waals surface area contributed by atoms with E-state index in [0.29, 0.717) is 18.8 Å². The quantitative estimate of drug-likeness (QED) is 0.555. The number of halogens is 1. The number of fused-ring (bicyclic) bond motifs is 1. The first-order chi connectivity index (χ1) is 11.5. The lowest BCUT2D eigenvalue weighted by Crippen LogP contribution is -2.44. The summed E-state index contributed by atoms with van der Waals surface area (Å²) in [4.78, 5) is 13.9. The number of benzene rings is 1. The molecule has 0 aliphatic rings. The molecule has 25 heavy (non-hydrogen) atoms. The van der Waals surface area contributed by atoms with Gasteiger partial charge in [0.25, 0.3) is 0 Å². The molecule has 0 N–H and O–H groups in total. The zero-order valence-corrected chi connectivity index (χ0v) is 18.9. The molecule has 0 aliphatic carbocycles. The van der Waals surface area contributed by atoms with E-state index in [4.69, 9.17) is 4.74 Å². The molecule has 0 saturated heterocycles. The summed E-state index contributed by atoms with van der Waals surface area (Å²) in [6.45, 7) is 16.9. The molecular formula is C19H29BrN2O2Si. The molecule has 4 nitrogen and oxygen atoms in total. The van der Waals surface area contributed by atoms with Crippen LogP contribution in [-0.2, 0) is 0 Å². The van der Waals surface area contributed by atoms with E-state index in [1.165, 1.54) is 5.52 Å². The van der Waals surface area contributed by atoms with Crippen LogP contribution in [0.1, 0.15) is 34.6 Å². The van der Waals surface area contributed by atoms with Crippen LogP contribution in [0.15, 0.2) is 28.9 Å². The summed E-state index contributed by atoms with van der Waals surface area (Å²) in [6, 6.07) is 5.90. The second-order valence-corrected chi connectivity index (χ2v) is 13.8. The van der Waals surface area contributed by atoms with Crippen molar-refractivity contribution in [1.29, 1.82) is 0 Å². The van der Waals surface area contributed by atoms with Crippen LogP contribution >= 0.6 is 15.9 Å². The Hall–Kier alpha value is -1.27. The number of ether oxygens (including phenoxy) is 1. The zero-order chi connectivity index (χ0) is 19.0. The van der Waals surface area contributed by atoms with Gasteiger partial charge in [0.2, 0.25) is 0 Å². The predicted molar refractivity (Wildman–Crippen MR) is 111 cm³/mol. The van der Waals surface area contributed by atoms with Crippen LogP contribution in [0.4, 0.5) is 4.79 Å². The molecule has 1 aromatic carbocycles. The van der Waals surface area contributed by atoms with Gasteiger partial charge in [0, 0.05) is 34.7 Å². The highest BCUT2D eigenvalue weighted by molar-refractivity contribution is 9.10. The Morgan fingerprint density at radius 1 is 1.24 bits per heavy atom. The topological polar surface area (TPSA) is 34.5 Å². The first-order valence-corrected chi connectivity index (χ1v) is 12.5. The smallest absolute Gasteiger partial charge is 0.410 e. The van der Waals surface area contributed by atoms with Gasteiger partial charge >= 0.3 is 6.09 Å². The van der Waals surface area contributed by atoms with Crippen LogP contribution in [0.2, 0.25) is 18.1 Å². The van der Waals surface area contributed by atoms with E-state index in [0.717, 1.165) is 9.86 Å². The molecule has 1 amide bonds. The minimum Gasteiger partial charge on any atom is -0.410 e. The van der Waals surface area contributed by atoms with Crippen molar-refractivity contribution in [3.8, 4) is 5.75 Å². The largest absolute Gasteiger partial charge is 0.415 e. The van der Waals surface area contributed by atoms with Crippen LogP contribution in [0.25, 0.3) is 10.9 Å². The minimum atomic E-state index is -1.73. The molecule has 0 fully saturated rings. The van der Waals surface area contributed by atoms with Gasteiger partial charge in [0.05, 0.1) is 0 Å². The fraction of sp³-hybridized carbons (Fsp3) is 0.526. The highest BCUT2D eigenvalue weighted by atomic mass is 79.9. The molecule has 1 heterocycles. The standard InChI is InChI=1S/C19H29BrN2O2Si/c1-8-21(9-2)18(23)24-14-10-11-17-15(12-14)16(20)13-22(17)25(6,7)19(3,4)5/h10-13H,8-9H2,1-7H3. The van der Waals surface area contributed by atoms with Gasteiger partial charge in [-0.1, -0.05) is 33.9 Å². The van der Waals surface area contributed by atoms with Crippen molar-refractivity contribution in [2.75, 3.05) is 13.1 Å². The van der Waals surface area contributed by atoms with Crippen molar-refractivity contribution in [3.05, 3.63) is 28.9 Å². The van der Waals surface area contributed by atoms with E-state index in [1.54, 1.807) is 4.90 Å². The van der Waals surface area contributed by atoms with Gasteiger partial charge in [-0.3, -0.25) is 0 Å². The number of hydrogen-bond acceptors (Lipinski definition) is 2. The Kier molecular flexibility index (Phi) is 5.74. The van der Waals surface area contributed by atoms with Gasteiger partial charge in [-0.25, -0.2) is 4.79 Å². The minimum absolute atomic E-state index is 0.228. The van der Waals surface area contributed by atoms with Crippen molar-refractivity contribution in [2.45, 2.75) is 52.8 Å². The van der Waals surface area contributed by atoms with Crippen LogP contribution < -0.4 is 4.74 Å². The normalized spacial score (nSPS) is 12.5. The molecule has 0 bridgehead atoms. The molecule has 2 rings (SSSR count). The SMILES string of the molecule is CCN(CC)C(=O)Oc1ccc2c(c1)c(Br)cn2[Si](C)(C)C(C)(C)C. The average molecular weight is 425 g/mol. The van der Waals surface area contributed by atoms with Crippen LogP contribution in [-0.4, -0.2) is 36.6 Å². The summed E-state index contributed by atoms with van der Waals surface area (Å²) >= 11 is 3.68. The lowest BCUT2D eigenvalue weighted by Gasteiger charge is -2.38. The third kappa shape index (κ3) is 3.79. The fourth-order valence-corrected chi connectivity index (χ4v) is 5.39. The number of amides is 1. The number of carbonyl (C=O) groups is 1.